The lowest BCUT2D eigenvalue weighted by Gasteiger charge is -2.15. The SMILES string of the molecule is CN(C)c1ccc(/C=C/N(C)c2cccc(C(=O)OCc3ccccc3)c2)cc1. The molecule has 3 rings (SSSR count). The van der Waals surface area contributed by atoms with E-state index in [4.69, 9.17) is 4.74 Å². The first-order chi connectivity index (χ1) is 14.0. The molecular formula is C25H26N2O2. The summed E-state index contributed by atoms with van der Waals surface area (Å²) in [6, 6.07) is 25.5. The van der Waals surface area contributed by atoms with Crippen LogP contribution in [0.2, 0.25) is 0 Å². The van der Waals surface area contributed by atoms with Gasteiger partial charge in [-0.15, -0.1) is 0 Å². The molecule has 0 fully saturated rings. The van der Waals surface area contributed by atoms with Crippen molar-refractivity contribution in [3.8, 4) is 0 Å². The number of nitrogens with zero attached hydrogens (tertiary/aromatic N) is 2. The van der Waals surface area contributed by atoms with Gasteiger partial charge < -0.3 is 14.5 Å². The van der Waals surface area contributed by atoms with Crippen molar-refractivity contribution in [1.82, 2.24) is 0 Å². The van der Waals surface area contributed by atoms with E-state index < -0.39 is 0 Å². The molecule has 0 amide bonds. The van der Waals surface area contributed by atoms with E-state index in [9.17, 15) is 4.79 Å². The summed E-state index contributed by atoms with van der Waals surface area (Å²) in [6.45, 7) is 0.266. The minimum atomic E-state index is -0.327. The topological polar surface area (TPSA) is 32.8 Å². The fourth-order valence-electron chi connectivity index (χ4n) is 2.83. The fraction of sp³-hybridized carbons (Fsp3) is 0.160. The van der Waals surface area contributed by atoms with Crippen molar-refractivity contribution in [3.05, 3.63) is 102 Å². The number of esters is 1. The van der Waals surface area contributed by atoms with Crippen molar-refractivity contribution in [1.29, 1.82) is 0 Å². The lowest BCUT2D eigenvalue weighted by Crippen LogP contribution is -2.10. The minimum Gasteiger partial charge on any atom is -0.457 e. The molecule has 0 saturated heterocycles. The average molecular weight is 386 g/mol. The van der Waals surface area contributed by atoms with Gasteiger partial charge in [0.05, 0.1) is 5.56 Å². The molecule has 0 unspecified atom stereocenters. The molecule has 0 N–H and O–H groups in total. The van der Waals surface area contributed by atoms with Gasteiger partial charge in [-0.1, -0.05) is 48.5 Å². The van der Waals surface area contributed by atoms with Crippen molar-refractivity contribution in [3.63, 3.8) is 0 Å². The molecule has 0 aliphatic carbocycles. The number of carbonyl (C=O) groups is 1. The minimum absolute atomic E-state index is 0.266. The maximum absolute atomic E-state index is 12.4. The average Bonchev–Trinajstić information content (AvgIpc) is 2.77. The Morgan fingerprint density at radius 1 is 0.862 bits per heavy atom. The third-order valence-corrected chi connectivity index (χ3v) is 4.60. The Labute approximate surface area is 172 Å². The quantitative estimate of drug-likeness (QED) is 0.522. The molecular weight excluding hydrogens is 360 g/mol. The first kappa shape index (κ1) is 20.2. The van der Waals surface area contributed by atoms with E-state index in [1.54, 1.807) is 6.07 Å². The molecule has 0 bridgehead atoms. The first-order valence-electron chi connectivity index (χ1n) is 9.52. The molecule has 4 heteroatoms. The van der Waals surface area contributed by atoms with Gasteiger partial charge in [0, 0.05) is 38.7 Å². The van der Waals surface area contributed by atoms with Gasteiger partial charge in [-0.05, 0) is 47.5 Å². The van der Waals surface area contributed by atoms with Gasteiger partial charge in [-0.2, -0.15) is 0 Å². The molecule has 0 heterocycles. The lowest BCUT2D eigenvalue weighted by molar-refractivity contribution is 0.0473. The Morgan fingerprint density at radius 3 is 2.28 bits per heavy atom. The highest BCUT2D eigenvalue weighted by Crippen LogP contribution is 2.18. The monoisotopic (exact) mass is 386 g/mol. The number of benzene rings is 3. The van der Waals surface area contributed by atoms with Crippen molar-refractivity contribution in [2.45, 2.75) is 6.61 Å². The van der Waals surface area contributed by atoms with Gasteiger partial charge in [0.2, 0.25) is 0 Å². The summed E-state index contributed by atoms with van der Waals surface area (Å²) in [5, 5.41) is 0. The maximum atomic E-state index is 12.4. The second kappa shape index (κ2) is 9.60. The largest absolute Gasteiger partial charge is 0.457 e. The second-order valence-corrected chi connectivity index (χ2v) is 7.02. The fourth-order valence-corrected chi connectivity index (χ4v) is 2.83. The zero-order valence-corrected chi connectivity index (χ0v) is 17.1. The molecule has 148 valence electrons. The van der Waals surface area contributed by atoms with Crippen LogP contribution < -0.4 is 9.80 Å². The smallest absolute Gasteiger partial charge is 0.338 e. The summed E-state index contributed by atoms with van der Waals surface area (Å²) in [6.07, 6.45) is 4.03. The number of rotatable bonds is 7. The van der Waals surface area contributed by atoms with Crippen molar-refractivity contribution in [2.24, 2.45) is 0 Å². The van der Waals surface area contributed by atoms with E-state index in [1.807, 2.05) is 86.8 Å². The Hall–Kier alpha value is -3.53. The van der Waals surface area contributed by atoms with E-state index in [0.717, 1.165) is 22.5 Å². The lowest BCUT2D eigenvalue weighted by atomic mass is 10.1. The summed E-state index contributed by atoms with van der Waals surface area (Å²) in [7, 11) is 6.01. The Morgan fingerprint density at radius 2 is 1.59 bits per heavy atom. The zero-order valence-electron chi connectivity index (χ0n) is 17.1. The normalized spacial score (nSPS) is 10.7. The molecule has 0 radical (unpaired) electrons. The third kappa shape index (κ3) is 5.72. The van der Waals surface area contributed by atoms with Gasteiger partial charge >= 0.3 is 5.97 Å². The van der Waals surface area contributed by atoms with Crippen molar-refractivity contribution in [2.75, 3.05) is 30.9 Å². The summed E-state index contributed by atoms with van der Waals surface area (Å²) < 4.78 is 5.43. The molecule has 3 aromatic rings. The molecule has 0 aliphatic rings. The van der Waals surface area contributed by atoms with Crippen molar-refractivity contribution >= 4 is 23.4 Å². The van der Waals surface area contributed by atoms with Crippen molar-refractivity contribution < 1.29 is 9.53 Å². The molecule has 0 aromatic heterocycles. The highest BCUT2D eigenvalue weighted by atomic mass is 16.5. The Balaban J connectivity index is 1.63. The van der Waals surface area contributed by atoms with Gasteiger partial charge in [0.1, 0.15) is 6.61 Å². The van der Waals surface area contributed by atoms with Gasteiger partial charge in [-0.25, -0.2) is 4.79 Å². The number of hydrogen-bond acceptors (Lipinski definition) is 4. The second-order valence-electron chi connectivity index (χ2n) is 7.02. The van der Waals surface area contributed by atoms with Crippen LogP contribution in [0.3, 0.4) is 0 Å². The maximum Gasteiger partial charge on any atom is 0.338 e. The summed E-state index contributed by atoms with van der Waals surface area (Å²) >= 11 is 0. The van der Waals surface area contributed by atoms with E-state index >= 15 is 0 Å². The van der Waals surface area contributed by atoms with Crippen LogP contribution in [0, 0.1) is 0 Å². The van der Waals surface area contributed by atoms with Gasteiger partial charge in [-0.3, -0.25) is 0 Å². The van der Waals surface area contributed by atoms with Crippen LogP contribution in [0.5, 0.6) is 0 Å². The van der Waals surface area contributed by atoms with Crippen LogP contribution in [0.1, 0.15) is 21.5 Å². The first-order valence-corrected chi connectivity index (χ1v) is 9.52. The van der Waals surface area contributed by atoms with Crippen LogP contribution >= 0.6 is 0 Å². The Bertz CT molecular complexity index is 964. The molecule has 0 saturated carbocycles. The zero-order chi connectivity index (χ0) is 20.6. The number of carbonyl (C=O) groups excluding carboxylic acids is 1. The summed E-state index contributed by atoms with van der Waals surface area (Å²) in [4.78, 5) is 16.4. The number of ether oxygens (including phenoxy) is 1. The molecule has 0 spiro atoms. The highest BCUT2D eigenvalue weighted by Gasteiger charge is 2.09. The highest BCUT2D eigenvalue weighted by molar-refractivity contribution is 5.90. The number of hydrogen-bond donors (Lipinski definition) is 0. The molecule has 0 aliphatic heterocycles. The van der Waals surface area contributed by atoms with E-state index in [1.165, 1.54) is 0 Å². The molecule has 29 heavy (non-hydrogen) atoms. The van der Waals surface area contributed by atoms with E-state index in [-0.39, 0.29) is 12.6 Å². The predicted octanol–water partition coefficient (Wildman–Crippen LogP) is 5.22. The van der Waals surface area contributed by atoms with E-state index in [2.05, 4.69) is 29.2 Å². The van der Waals surface area contributed by atoms with Gasteiger partial charge in [0.15, 0.2) is 0 Å². The van der Waals surface area contributed by atoms with Gasteiger partial charge in [0.25, 0.3) is 0 Å². The standard InChI is InChI=1S/C25H26N2O2/c1-26(2)23-14-12-20(13-15-23)16-17-27(3)24-11-7-10-22(18-24)25(28)29-19-21-8-5-4-6-9-21/h4-18H,19H2,1-3H3/b17-16+. The van der Waals surface area contributed by atoms with Crippen LogP contribution in [0.15, 0.2) is 85.1 Å². The predicted molar refractivity (Wildman–Crippen MR) is 120 cm³/mol. The summed E-state index contributed by atoms with van der Waals surface area (Å²) in [5.41, 5.74) is 4.70. The van der Waals surface area contributed by atoms with Crippen LogP contribution in [0.4, 0.5) is 11.4 Å². The number of anilines is 2. The van der Waals surface area contributed by atoms with Crippen LogP contribution in [0.25, 0.3) is 6.08 Å². The molecule has 4 nitrogen and oxygen atoms in total. The molecule has 3 aromatic carbocycles. The van der Waals surface area contributed by atoms with Crippen LogP contribution in [-0.4, -0.2) is 27.1 Å². The van der Waals surface area contributed by atoms with E-state index in [0.29, 0.717) is 5.56 Å². The van der Waals surface area contributed by atoms with Crippen LogP contribution in [-0.2, 0) is 11.3 Å². The molecule has 0 atom stereocenters. The third-order valence-electron chi connectivity index (χ3n) is 4.60. The Kier molecular flexibility index (Phi) is 6.69. The summed E-state index contributed by atoms with van der Waals surface area (Å²) in [5.74, 6) is -0.327.